The molecule has 2 aliphatic rings. The fourth-order valence-electron chi connectivity index (χ4n) is 2.11. The van der Waals surface area contributed by atoms with Gasteiger partial charge in [-0.05, 0) is 25.0 Å². The van der Waals surface area contributed by atoms with Crippen LogP contribution in [0.4, 0.5) is 5.69 Å². The van der Waals surface area contributed by atoms with Crippen LogP contribution in [-0.2, 0) is 4.84 Å². The summed E-state index contributed by atoms with van der Waals surface area (Å²) in [4.78, 5) is 12.8. The molecule has 1 aliphatic carbocycles. The molecule has 0 saturated heterocycles. The normalized spacial score (nSPS) is 19.5. The zero-order valence-corrected chi connectivity index (χ0v) is 9.18. The summed E-state index contributed by atoms with van der Waals surface area (Å²) in [6.45, 7) is 0. The van der Waals surface area contributed by atoms with Crippen molar-refractivity contribution >= 4 is 16.7 Å². The van der Waals surface area contributed by atoms with Gasteiger partial charge in [0.05, 0.1) is 11.9 Å². The number of hydrazine groups is 1. The minimum Gasteiger partial charge on any atom is -0.391 e. The zero-order valence-electron chi connectivity index (χ0n) is 9.18. The number of nitrogens with one attached hydrogen (secondary N) is 2. The standard InChI is InChI=1S/C12H12N4O/c1-2-8(1)11-7-16(15-17-11)10-4-6-14-12-9(10)3-5-13-12/h3-8,15H,1-2H2,(H,13,14). The molecule has 2 aromatic heterocycles. The lowest BCUT2D eigenvalue weighted by Gasteiger charge is -2.14. The van der Waals surface area contributed by atoms with Gasteiger partial charge in [-0.3, -0.25) is 0 Å². The molecule has 5 nitrogen and oxygen atoms in total. The fraction of sp³-hybridized carbons (Fsp3) is 0.250. The van der Waals surface area contributed by atoms with E-state index in [1.54, 1.807) is 6.20 Å². The van der Waals surface area contributed by atoms with Gasteiger partial charge >= 0.3 is 0 Å². The van der Waals surface area contributed by atoms with E-state index in [1.165, 1.54) is 12.8 Å². The van der Waals surface area contributed by atoms with Gasteiger partial charge in [0.1, 0.15) is 11.4 Å². The van der Waals surface area contributed by atoms with Crippen molar-refractivity contribution in [3.8, 4) is 0 Å². The van der Waals surface area contributed by atoms with Gasteiger partial charge in [0.2, 0.25) is 0 Å². The number of fused-ring (bicyclic) bond motifs is 1. The molecule has 2 aromatic rings. The van der Waals surface area contributed by atoms with Crippen LogP contribution >= 0.6 is 0 Å². The molecule has 0 atom stereocenters. The number of allylic oxidation sites excluding steroid dienone is 1. The molecule has 0 spiro atoms. The van der Waals surface area contributed by atoms with Crippen molar-refractivity contribution in [2.75, 3.05) is 5.01 Å². The van der Waals surface area contributed by atoms with Crippen LogP contribution in [0.15, 0.2) is 36.5 Å². The number of rotatable bonds is 2. The summed E-state index contributed by atoms with van der Waals surface area (Å²) in [5.41, 5.74) is 4.86. The first-order valence-corrected chi connectivity index (χ1v) is 5.77. The van der Waals surface area contributed by atoms with Crippen molar-refractivity contribution < 1.29 is 4.84 Å². The Hall–Kier alpha value is -2.01. The third kappa shape index (κ3) is 1.39. The van der Waals surface area contributed by atoms with Gasteiger partial charge in [0, 0.05) is 23.7 Å². The largest absolute Gasteiger partial charge is 0.391 e. The molecule has 2 N–H and O–H groups in total. The lowest BCUT2D eigenvalue weighted by atomic mass is 10.3. The van der Waals surface area contributed by atoms with Gasteiger partial charge in [-0.25, -0.2) is 9.99 Å². The van der Waals surface area contributed by atoms with E-state index in [1.807, 2.05) is 29.5 Å². The predicted octanol–water partition coefficient (Wildman–Crippen LogP) is 2.07. The number of nitrogens with zero attached hydrogens (tertiary/aromatic N) is 2. The molecule has 0 bridgehead atoms. The minimum atomic E-state index is 0.607. The van der Waals surface area contributed by atoms with Crippen molar-refractivity contribution in [3.05, 3.63) is 36.5 Å². The Morgan fingerprint density at radius 2 is 2.29 bits per heavy atom. The molecule has 3 heterocycles. The van der Waals surface area contributed by atoms with E-state index in [9.17, 15) is 0 Å². The average molecular weight is 228 g/mol. The van der Waals surface area contributed by atoms with Crippen molar-refractivity contribution in [2.45, 2.75) is 12.8 Å². The zero-order chi connectivity index (χ0) is 11.2. The Kier molecular flexibility index (Phi) is 1.73. The number of hydrogen-bond acceptors (Lipinski definition) is 4. The third-order valence-corrected chi connectivity index (χ3v) is 3.19. The van der Waals surface area contributed by atoms with Crippen molar-refractivity contribution in [1.29, 1.82) is 0 Å². The predicted molar refractivity (Wildman–Crippen MR) is 63.6 cm³/mol. The Morgan fingerprint density at radius 3 is 3.18 bits per heavy atom. The van der Waals surface area contributed by atoms with Crippen LogP contribution in [0.25, 0.3) is 11.0 Å². The van der Waals surface area contributed by atoms with Gasteiger partial charge in [0.25, 0.3) is 0 Å². The van der Waals surface area contributed by atoms with E-state index in [4.69, 9.17) is 4.84 Å². The molecule has 0 aromatic carbocycles. The number of hydrogen-bond donors (Lipinski definition) is 2. The number of pyridine rings is 1. The van der Waals surface area contributed by atoms with E-state index in [0.29, 0.717) is 5.92 Å². The molecule has 0 amide bonds. The molecule has 86 valence electrons. The highest BCUT2D eigenvalue weighted by atomic mass is 16.7. The van der Waals surface area contributed by atoms with Crippen LogP contribution in [0.1, 0.15) is 12.8 Å². The maximum atomic E-state index is 5.48. The smallest absolute Gasteiger partial charge is 0.147 e. The SMILES string of the molecule is C1=C(C2CC2)ONN1c1ccnc2[nH]ccc12. The summed E-state index contributed by atoms with van der Waals surface area (Å²) < 4.78 is 0. The van der Waals surface area contributed by atoms with E-state index in [0.717, 1.165) is 22.5 Å². The highest BCUT2D eigenvalue weighted by Gasteiger charge is 2.32. The first-order valence-electron chi connectivity index (χ1n) is 5.77. The lowest BCUT2D eigenvalue weighted by Crippen LogP contribution is -2.27. The van der Waals surface area contributed by atoms with Gasteiger partial charge in [0.15, 0.2) is 0 Å². The van der Waals surface area contributed by atoms with Gasteiger partial charge in [-0.2, -0.15) is 0 Å². The maximum Gasteiger partial charge on any atom is 0.147 e. The first kappa shape index (κ1) is 9.07. The van der Waals surface area contributed by atoms with Crippen LogP contribution in [-0.4, -0.2) is 9.97 Å². The summed E-state index contributed by atoms with van der Waals surface area (Å²) in [6.07, 6.45) is 8.18. The molecule has 4 rings (SSSR count). The molecule has 5 heteroatoms. The Morgan fingerprint density at radius 1 is 1.35 bits per heavy atom. The minimum absolute atomic E-state index is 0.607. The Balaban J connectivity index is 1.77. The van der Waals surface area contributed by atoms with E-state index >= 15 is 0 Å². The molecular formula is C12H12N4O. The monoisotopic (exact) mass is 228 g/mol. The van der Waals surface area contributed by atoms with Crippen molar-refractivity contribution in [2.24, 2.45) is 5.92 Å². The third-order valence-electron chi connectivity index (χ3n) is 3.19. The van der Waals surface area contributed by atoms with Crippen LogP contribution in [0.5, 0.6) is 0 Å². The lowest BCUT2D eigenvalue weighted by molar-refractivity contribution is 0.120. The topological polar surface area (TPSA) is 53.2 Å². The van der Waals surface area contributed by atoms with E-state index < -0.39 is 0 Å². The van der Waals surface area contributed by atoms with E-state index in [2.05, 4.69) is 15.6 Å². The summed E-state index contributed by atoms with van der Waals surface area (Å²) in [5, 5.41) is 2.99. The molecule has 0 unspecified atom stereocenters. The van der Waals surface area contributed by atoms with Crippen molar-refractivity contribution in [3.63, 3.8) is 0 Å². The van der Waals surface area contributed by atoms with Gasteiger partial charge < -0.3 is 9.82 Å². The first-order chi connectivity index (χ1) is 8.42. The van der Waals surface area contributed by atoms with Gasteiger partial charge in [-0.15, -0.1) is 0 Å². The van der Waals surface area contributed by atoms with Crippen LogP contribution in [0.3, 0.4) is 0 Å². The fourth-order valence-corrected chi connectivity index (χ4v) is 2.11. The van der Waals surface area contributed by atoms with Crippen LogP contribution in [0.2, 0.25) is 0 Å². The summed E-state index contributed by atoms with van der Waals surface area (Å²) in [6, 6.07) is 3.99. The maximum absolute atomic E-state index is 5.48. The number of aromatic nitrogens is 2. The van der Waals surface area contributed by atoms with Gasteiger partial charge in [-0.1, -0.05) is 5.59 Å². The number of H-pyrrole nitrogens is 1. The molecule has 17 heavy (non-hydrogen) atoms. The average Bonchev–Trinajstić information content (AvgIpc) is 2.93. The van der Waals surface area contributed by atoms with Crippen molar-refractivity contribution in [1.82, 2.24) is 15.6 Å². The van der Waals surface area contributed by atoms with E-state index in [-0.39, 0.29) is 0 Å². The quantitative estimate of drug-likeness (QED) is 0.826. The number of anilines is 1. The highest BCUT2D eigenvalue weighted by Crippen LogP contribution is 2.39. The van der Waals surface area contributed by atoms with Crippen LogP contribution in [0, 0.1) is 5.92 Å². The molecule has 1 fully saturated rings. The second kappa shape index (κ2) is 3.24. The second-order valence-electron chi connectivity index (χ2n) is 4.44. The second-order valence-corrected chi connectivity index (χ2v) is 4.44. The molecule has 1 saturated carbocycles. The Labute approximate surface area is 98.0 Å². The molecule has 1 aliphatic heterocycles. The van der Waals surface area contributed by atoms with Crippen LogP contribution < -0.4 is 10.6 Å². The summed E-state index contributed by atoms with van der Waals surface area (Å²) >= 11 is 0. The summed E-state index contributed by atoms with van der Waals surface area (Å²) in [7, 11) is 0. The highest BCUT2D eigenvalue weighted by molar-refractivity contribution is 5.90. The number of aromatic amines is 1. The summed E-state index contributed by atoms with van der Waals surface area (Å²) in [5.74, 6) is 1.64. The molecule has 0 radical (unpaired) electrons. The molecular weight excluding hydrogens is 216 g/mol. The Bertz CT molecular complexity index is 599.